The average Bonchev–Trinajstić information content (AvgIpc) is 1.94. The van der Waals surface area contributed by atoms with E-state index < -0.39 is 18.3 Å². The van der Waals surface area contributed by atoms with Crippen LogP contribution in [0.25, 0.3) is 0 Å². The summed E-state index contributed by atoms with van der Waals surface area (Å²) in [6.45, 7) is 11.4. The van der Waals surface area contributed by atoms with Gasteiger partial charge in [-0.25, -0.2) is 4.79 Å². The minimum Gasteiger partial charge on any atom is -0.443 e. The molecule has 15 heavy (non-hydrogen) atoms. The molecule has 0 aliphatic heterocycles. The molecule has 0 rings (SSSR count). The number of nitrogens with two attached hydrogens (primary N) is 1. The number of hydrogen-bond donors (Lipinski definition) is 2. The Labute approximate surface area is 91.8 Å². The maximum Gasteiger partial charge on any atom is 0.404 e. The SMILES string of the molecule is CC(C)(C)C(O)C(OC(N)=O)C(C)(C)C. The number of carbonyl (C=O) groups is 1. The van der Waals surface area contributed by atoms with Crippen LogP contribution in [0.3, 0.4) is 0 Å². The highest BCUT2D eigenvalue weighted by Crippen LogP contribution is 2.33. The van der Waals surface area contributed by atoms with Crippen molar-refractivity contribution in [2.24, 2.45) is 16.6 Å². The molecule has 90 valence electrons. The van der Waals surface area contributed by atoms with Gasteiger partial charge in [0.1, 0.15) is 6.10 Å². The zero-order chi connectivity index (χ0) is 12.4. The van der Waals surface area contributed by atoms with Crippen LogP contribution in [0.2, 0.25) is 0 Å². The fourth-order valence-corrected chi connectivity index (χ4v) is 1.29. The Morgan fingerprint density at radius 2 is 1.53 bits per heavy atom. The molecule has 0 aliphatic carbocycles. The smallest absolute Gasteiger partial charge is 0.404 e. The van der Waals surface area contributed by atoms with Crippen LogP contribution in [0.1, 0.15) is 41.5 Å². The average molecular weight is 217 g/mol. The van der Waals surface area contributed by atoms with Crippen LogP contribution < -0.4 is 5.73 Å². The molecule has 0 aromatic carbocycles. The van der Waals surface area contributed by atoms with Gasteiger partial charge in [0.2, 0.25) is 0 Å². The van der Waals surface area contributed by atoms with Gasteiger partial charge in [0.25, 0.3) is 0 Å². The minimum absolute atomic E-state index is 0.346. The Balaban J connectivity index is 4.87. The van der Waals surface area contributed by atoms with Gasteiger partial charge in [0, 0.05) is 5.41 Å². The summed E-state index contributed by atoms with van der Waals surface area (Å²) >= 11 is 0. The van der Waals surface area contributed by atoms with Crippen LogP contribution in [0.5, 0.6) is 0 Å². The van der Waals surface area contributed by atoms with Crippen LogP contribution in [0.4, 0.5) is 4.79 Å². The lowest BCUT2D eigenvalue weighted by atomic mass is 9.76. The predicted molar refractivity (Wildman–Crippen MR) is 59.4 cm³/mol. The molecule has 0 aromatic rings. The van der Waals surface area contributed by atoms with Crippen molar-refractivity contribution in [3.05, 3.63) is 0 Å². The van der Waals surface area contributed by atoms with Crippen molar-refractivity contribution in [1.82, 2.24) is 0 Å². The molecule has 0 radical (unpaired) electrons. The molecule has 0 bridgehead atoms. The first-order chi connectivity index (χ1) is 6.46. The molecule has 2 atom stereocenters. The van der Waals surface area contributed by atoms with E-state index in [9.17, 15) is 9.90 Å². The molecule has 0 fully saturated rings. The van der Waals surface area contributed by atoms with Gasteiger partial charge in [0.15, 0.2) is 0 Å². The van der Waals surface area contributed by atoms with Gasteiger partial charge in [-0.2, -0.15) is 0 Å². The standard InChI is InChI=1S/C11H23NO3/c1-10(2,3)7(13)8(11(4,5)6)15-9(12)14/h7-8,13H,1-6H3,(H2,12,14). The normalized spacial score (nSPS) is 17.0. The van der Waals surface area contributed by atoms with Crippen molar-refractivity contribution in [1.29, 1.82) is 0 Å². The zero-order valence-electron chi connectivity index (χ0n) is 10.5. The van der Waals surface area contributed by atoms with E-state index in [2.05, 4.69) is 0 Å². The monoisotopic (exact) mass is 217 g/mol. The largest absolute Gasteiger partial charge is 0.443 e. The molecule has 2 unspecified atom stereocenters. The predicted octanol–water partition coefficient (Wildman–Crippen LogP) is 1.90. The molecule has 0 heterocycles. The highest BCUT2D eigenvalue weighted by Gasteiger charge is 2.40. The number of aliphatic hydroxyl groups excluding tert-OH is 1. The first-order valence-electron chi connectivity index (χ1n) is 5.10. The van der Waals surface area contributed by atoms with Crippen LogP contribution in [-0.4, -0.2) is 23.4 Å². The molecular weight excluding hydrogens is 194 g/mol. The summed E-state index contributed by atoms with van der Waals surface area (Å²) in [4.78, 5) is 10.8. The highest BCUT2D eigenvalue weighted by atomic mass is 16.6. The van der Waals surface area contributed by atoms with Crippen LogP contribution in [0.15, 0.2) is 0 Å². The van der Waals surface area contributed by atoms with E-state index in [-0.39, 0.29) is 10.8 Å². The zero-order valence-corrected chi connectivity index (χ0v) is 10.5. The Bertz CT molecular complexity index is 225. The van der Waals surface area contributed by atoms with Crippen LogP contribution in [-0.2, 0) is 4.74 Å². The second-order valence-corrected chi connectivity index (χ2v) is 6.03. The van der Waals surface area contributed by atoms with Crippen molar-refractivity contribution < 1.29 is 14.6 Å². The van der Waals surface area contributed by atoms with Gasteiger partial charge in [-0.1, -0.05) is 41.5 Å². The van der Waals surface area contributed by atoms with Gasteiger partial charge in [-0.15, -0.1) is 0 Å². The third-order valence-electron chi connectivity index (χ3n) is 2.27. The molecule has 1 amide bonds. The second-order valence-electron chi connectivity index (χ2n) is 6.03. The van der Waals surface area contributed by atoms with Crippen molar-refractivity contribution in [3.63, 3.8) is 0 Å². The number of rotatable bonds is 2. The molecule has 3 N–H and O–H groups in total. The maximum absolute atomic E-state index is 10.8. The summed E-state index contributed by atoms with van der Waals surface area (Å²) < 4.78 is 4.99. The lowest BCUT2D eigenvalue weighted by Crippen LogP contribution is -2.48. The highest BCUT2D eigenvalue weighted by molar-refractivity contribution is 5.65. The van der Waals surface area contributed by atoms with Crippen molar-refractivity contribution >= 4 is 6.09 Å². The van der Waals surface area contributed by atoms with E-state index in [0.717, 1.165) is 0 Å². The first-order valence-corrected chi connectivity index (χ1v) is 5.10. The summed E-state index contributed by atoms with van der Waals surface area (Å²) in [6, 6.07) is 0. The Kier molecular flexibility index (Phi) is 4.17. The summed E-state index contributed by atoms with van der Waals surface area (Å²) in [5.41, 5.74) is 4.30. The minimum atomic E-state index is -0.849. The Hall–Kier alpha value is -0.770. The van der Waals surface area contributed by atoms with Gasteiger partial charge >= 0.3 is 6.09 Å². The summed E-state index contributed by atoms with van der Waals surface area (Å²) in [5, 5.41) is 10.1. The first kappa shape index (κ1) is 14.2. The van der Waals surface area contributed by atoms with E-state index in [1.54, 1.807) is 0 Å². The summed E-state index contributed by atoms with van der Waals surface area (Å²) in [5.74, 6) is 0. The Morgan fingerprint density at radius 3 is 1.73 bits per heavy atom. The number of aliphatic hydroxyl groups is 1. The van der Waals surface area contributed by atoms with Crippen molar-refractivity contribution in [2.45, 2.75) is 53.8 Å². The summed E-state index contributed by atoms with van der Waals surface area (Å²) in [7, 11) is 0. The van der Waals surface area contributed by atoms with Crippen LogP contribution >= 0.6 is 0 Å². The molecule has 4 nitrogen and oxygen atoms in total. The van der Waals surface area contributed by atoms with E-state index in [1.165, 1.54) is 0 Å². The second kappa shape index (κ2) is 4.39. The summed E-state index contributed by atoms with van der Waals surface area (Å²) in [6.07, 6.45) is -2.20. The fraction of sp³-hybridized carbons (Fsp3) is 0.909. The topological polar surface area (TPSA) is 72.6 Å². The van der Waals surface area contributed by atoms with Gasteiger partial charge in [-0.3, -0.25) is 0 Å². The molecular formula is C11H23NO3. The fourth-order valence-electron chi connectivity index (χ4n) is 1.29. The lowest BCUT2D eigenvalue weighted by molar-refractivity contribution is -0.0935. The number of amides is 1. The van der Waals surface area contributed by atoms with Gasteiger partial charge in [-0.05, 0) is 5.41 Å². The van der Waals surface area contributed by atoms with E-state index in [4.69, 9.17) is 10.5 Å². The van der Waals surface area contributed by atoms with E-state index >= 15 is 0 Å². The third kappa shape index (κ3) is 4.51. The molecule has 4 heteroatoms. The van der Waals surface area contributed by atoms with Gasteiger partial charge < -0.3 is 15.6 Å². The molecule has 0 aromatic heterocycles. The number of hydrogen-bond acceptors (Lipinski definition) is 3. The van der Waals surface area contributed by atoms with Crippen molar-refractivity contribution in [3.8, 4) is 0 Å². The third-order valence-corrected chi connectivity index (χ3v) is 2.27. The molecule has 0 aliphatic rings. The lowest BCUT2D eigenvalue weighted by Gasteiger charge is -2.39. The molecule has 0 saturated heterocycles. The number of ether oxygens (including phenoxy) is 1. The quantitative estimate of drug-likeness (QED) is 0.742. The number of carbonyl (C=O) groups excluding carboxylic acids is 1. The number of primary amides is 1. The molecule has 0 saturated carbocycles. The van der Waals surface area contributed by atoms with E-state index in [1.807, 2.05) is 41.5 Å². The molecule has 0 spiro atoms. The van der Waals surface area contributed by atoms with Gasteiger partial charge in [0.05, 0.1) is 6.10 Å². The maximum atomic E-state index is 10.8. The van der Waals surface area contributed by atoms with Crippen molar-refractivity contribution in [2.75, 3.05) is 0 Å². The Morgan fingerprint density at radius 1 is 1.13 bits per heavy atom. The van der Waals surface area contributed by atoms with Crippen LogP contribution in [0, 0.1) is 10.8 Å². The van der Waals surface area contributed by atoms with E-state index in [0.29, 0.717) is 0 Å².